The predicted octanol–water partition coefficient (Wildman–Crippen LogP) is 3.05. The summed E-state index contributed by atoms with van der Waals surface area (Å²) in [7, 11) is 0. The second kappa shape index (κ2) is 6.00. The summed E-state index contributed by atoms with van der Waals surface area (Å²) in [5.74, 6) is -0.0441. The molecule has 20 heavy (non-hydrogen) atoms. The van der Waals surface area contributed by atoms with E-state index in [1.807, 2.05) is 4.90 Å². The third-order valence-corrected chi connectivity index (χ3v) is 4.29. The van der Waals surface area contributed by atoms with Crippen LogP contribution in [0.3, 0.4) is 0 Å². The fourth-order valence-corrected chi connectivity index (χ4v) is 2.84. The summed E-state index contributed by atoms with van der Waals surface area (Å²) >= 11 is 9.35. The summed E-state index contributed by atoms with van der Waals surface area (Å²) in [6.07, 6.45) is 1.59. The van der Waals surface area contributed by atoms with Gasteiger partial charge >= 0.3 is 0 Å². The van der Waals surface area contributed by atoms with Crippen LogP contribution in [0.5, 0.6) is 0 Å². The first-order valence-corrected chi connectivity index (χ1v) is 7.81. The Bertz CT molecular complexity index is 508. The number of carbonyl (C=O) groups excluding carboxylic acids is 1. The van der Waals surface area contributed by atoms with E-state index in [0.29, 0.717) is 5.56 Å². The molecule has 1 fully saturated rings. The van der Waals surface area contributed by atoms with E-state index in [0.717, 1.165) is 30.7 Å². The highest BCUT2D eigenvalue weighted by Gasteiger charge is 2.29. The van der Waals surface area contributed by atoms with Gasteiger partial charge in [0.2, 0.25) is 0 Å². The number of halogens is 2. The van der Waals surface area contributed by atoms with E-state index in [9.17, 15) is 4.79 Å². The molecule has 2 heterocycles. The first kappa shape index (κ1) is 15.7. The van der Waals surface area contributed by atoms with Gasteiger partial charge in [0.25, 0.3) is 5.91 Å². The number of hydrogen-bond donors (Lipinski definition) is 0. The molecule has 0 aromatic carbocycles. The van der Waals surface area contributed by atoms with Crippen LogP contribution >= 0.6 is 27.5 Å². The average molecular weight is 361 g/mol. The van der Waals surface area contributed by atoms with E-state index in [4.69, 9.17) is 11.6 Å². The molecule has 1 amide bonds. The SMILES string of the molecule is CC(C)(C)N1CCN(C(=O)c2cc(Br)cnc2Cl)CC1. The van der Waals surface area contributed by atoms with Gasteiger partial charge in [0.15, 0.2) is 0 Å². The Morgan fingerprint density at radius 3 is 2.45 bits per heavy atom. The molecule has 0 atom stereocenters. The van der Waals surface area contributed by atoms with Crippen LogP contribution < -0.4 is 0 Å². The minimum absolute atomic E-state index is 0.0441. The first-order valence-electron chi connectivity index (χ1n) is 6.64. The number of nitrogens with zero attached hydrogens (tertiary/aromatic N) is 3. The highest BCUT2D eigenvalue weighted by Crippen LogP contribution is 2.22. The van der Waals surface area contributed by atoms with Crippen molar-refractivity contribution in [1.29, 1.82) is 0 Å². The molecule has 4 nitrogen and oxygen atoms in total. The molecule has 1 aromatic rings. The third kappa shape index (κ3) is 3.51. The van der Waals surface area contributed by atoms with Crippen LogP contribution in [0.15, 0.2) is 16.7 Å². The minimum Gasteiger partial charge on any atom is -0.336 e. The molecule has 1 aliphatic rings. The van der Waals surface area contributed by atoms with Crippen LogP contribution in [-0.4, -0.2) is 52.4 Å². The zero-order valence-electron chi connectivity index (χ0n) is 12.0. The Balaban J connectivity index is 2.07. The van der Waals surface area contributed by atoms with Crippen molar-refractivity contribution in [3.8, 4) is 0 Å². The zero-order chi connectivity index (χ0) is 14.9. The first-order chi connectivity index (χ1) is 9.29. The fourth-order valence-electron chi connectivity index (χ4n) is 2.32. The van der Waals surface area contributed by atoms with Gasteiger partial charge in [0, 0.05) is 42.4 Å². The number of hydrogen-bond acceptors (Lipinski definition) is 3. The Labute approximate surface area is 133 Å². The van der Waals surface area contributed by atoms with Crippen molar-refractivity contribution in [3.63, 3.8) is 0 Å². The van der Waals surface area contributed by atoms with E-state index in [1.165, 1.54) is 0 Å². The molecule has 0 bridgehead atoms. The van der Waals surface area contributed by atoms with Crippen molar-refractivity contribution >= 4 is 33.4 Å². The van der Waals surface area contributed by atoms with Gasteiger partial charge < -0.3 is 4.90 Å². The van der Waals surface area contributed by atoms with Gasteiger partial charge in [-0.3, -0.25) is 9.69 Å². The van der Waals surface area contributed by atoms with Crippen LogP contribution in [0.25, 0.3) is 0 Å². The molecule has 2 rings (SSSR count). The summed E-state index contributed by atoms with van der Waals surface area (Å²) in [5.41, 5.74) is 0.606. The van der Waals surface area contributed by atoms with Gasteiger partial charge in [-0.1, -0.05) is 11.6 Å². The van der Waals surface area contributed by atoms with E-state index < -0.39 is 0 Å². The number of piperazine rings is 1. The second-order valence-corrected chi connectivity index (χ2v) is 7.22. The maximum Gasteiger partial charge on any atom is 0.257 e. The van der Waals surface area contributed by atoms with Crippen molar-refractivity contribution in [2.45, 2.75) is 26.3 Å². The van der Waals surface area contributed by atoms with Crippen molar-refractivity contribution in [1.82, 2.24) is 14.8 Å². The molecule has 6 heteroatoms. The molecule has 1 aliphatic heterocycles. The van der Waals surface area contributed by atoms with E-state index >= 15 is 0 Å². The lowest BCUT2D eigenvalue weighted by atomic mass is 10.0. The largest absolute Gasteiger partial charge is 0.336 e. The van der Waals surface area contributed by atoms with E-state index in [2.05, 4.69) is 46.6 Å². The number of rotatable bonds is 1. The number of amides is 1. The molecule has 1 aromatic heterocycles. The quantitative estimate of drug-likeness (QED) is 0.722. The molecular formula is C14H19BrClN3O. The fraction of sp³-hybridized carbons (Fsp3) is 0.571. The molecule has 0 N–H and O–H groups in total. The lowest BCUT2D eigenvalue weighted by molar-refractivity contribution is 0.0451. The Morgan fingerprint density at radius 1 is 1.30 bits per heavy atom. The Hall–Kier alpha value is -0.650. The van der Waals surface area contributed by atoms with E-state index in [-0.39, 0.29) is 16.6 Å². The van der Waals surface area contributed by atoms with Gasteiger partial charge in [-0.05, 0) is 42.8 Å². The van der Waals surface area contributed by atoms with Crippen LogP contribution in [0, 0.1) is 0 Å². The molecule has 0 spiro atoms. The van der Waals surface area contributed by atoms with Crippen LogP contribution in [0.4, 0.5) is 0 Å². The van der Waals surface area contributed by atoms with Gasteiger partial charge in [-0.25, -0.2) is 4.98 Å². The molecule has 1 saturated heterocycles. The summed E-state index contributed by atoms with van der Waals surface area (Å²) in [4.78, 5) is 20.7. The standard InChI is InChI=1S/C14H19BrClN3O/c1-14(2,3)19-6-4-18(5-7-19)13(20)11-8-10(15)9-17-12(11)16/h8-9H,4-7H2,1-3H3. The molecule has 0 saturated carbocycles. The second-order valence-electron chi connectivity index (χ2n) is 5.94. The molecule has 0 unspecified atom stereocenters. The summed E-state index contributed by atoms with van der Waals surface area (Å²) < 4.78 is 0.763. The topological polar surface area (TPSA) is 36.4 Å². The lowest BCUT2D eigenvalue weighted by Crippen LogP contribution is -2.54. The molecule has 0 aliphatic carbocycles. The van der Waals surface area contributed by atoms with Crippen LogP contribution in [-0.2, 0) is 0 Å². The van der Waals surface area contributed by atoms with Gasteiger partial charge in [0.05, 0.1) is 5.56 Å². The molecular weight excluding hydrogens is 342 g/mol. The van der Waals surface area contributed by atoms with Crippen molar-refractivity contribution < 1.29 is 4.79 Å². The summed E-state index contributed by atoms with van der Waals surface area (Å²) in [6.45, 7) is 9.79. The Kier molecular flexibility index (Phi) is 4.72. The van der Waals surface area contributed by atoms with Gasteiger partial charge in [-0.15, -0.1) is 0 Å². The number of aromatic nitrogens is 1. The van der Waals surface area contributed by atoms with Crippen molar-refractivity contribution in [2.24, 2.45) is 0 Å². The lowest BCUT2D eigenvalue weighted by Gasteiger charge is -2.42. The summed E-state index contributed by atoms with van der Waals surface area (Å²) in [6, 6.07) is 1.73. The normalized spacial score (nSPS) is 17.4. The minimum atomic E-state index is -0.0441. The van der Waals surface area contributed by atoms with Crippen molar-refractivity contribution in [2.75, 3.05) is 26.2 Å². The van der Waals surface area contributed by atoms with Gasteiger partial charge in [-0.2, -0.15) is 0 Å². The van der Waals surface area contributed by atoms with Crippen molar-refractivity contribution in [3.05, 3.63) is 27.5 Å². The highest BCUT2D eigenvalue weighted by molar-refractivity contribution is 9.10. The average Bonchev–Trinajstić information content (AvgIpc) is 2.40. The third-order valence-electron chi connectivity index (χ3n) is 3.55. The van der Waals surface area contributed by atoms with Gasteiger partial charge in [0.1, 0.15) is 5.15 Å². The monoisotopic (exact) mass is 359 g/mol. The van der Waals surface area contributed by atoms with Crippen LogP contribution in [0.1, 0.15) is 31.1 Å². The van der Waals surface area contributed by atoms with Crippen LogP contribution in [0.2, 0.25) is 5.15 Å². The smallest absolute Gasteiger partial charge is 0.257 e. The maximum absolute atomic E-state index is 12.5. The summed E-state index contributed by atoms with van der Waals surface area (Å²) in [5, 5.41) is 0.261. The highest BCUT2D eigenvalue weighted by atomic mass is 79.9. The van der Waals surface area contributed by atoms with E-state index in [1.54, 1.807) is 12.3 Å². The number of carbonyl (C=O) groups is 1. The Morgan fingerprint density at radius 2 is 1.90 bits per heavy atom. The molecule has 110 valence electrons. The predicted molar refractivity (Wildman–Crippen MR) is 84.2 cm³/mol. The number of pyridine rings is 1. The maximum atomic E-state index is 12.5. The molecule has 0 radical (unpaired) electrons. The zero-order valence-corrected chi connectivity index (χ0v) is 14.3.